The van der Waals surface area contributed by atoms with Crippen LogP contribution in [0.4, 0.5) is 33.1 Å². The Hall–Kier alpha value is -6.90. The summed E-state index contributed by atoms with van der Waals surface area (Å²) in [6.45, 7) is 10.0. The number of nitrogens with zero attached hydrogens (tertiary/aromatic N) is 12. The molecule has 12 heterocycles. The molecule has 26 nitrogen and oxygen atoms in total. The molecule has 0 spiro atoms. The molecule has 8 N–H and O–H groups in total. The Bertz CT molecular complexity index is 2860. The second-order valence-electron chi connectivity index (χ2n) is 22.2. The topological polar surface area (TPSA) is 295 Å². The molecule has 0 bridgehead atoms. The smallest absolute Gasteiger partial charge is 0.315 e. The minimum Gasteiger partial charge on any atom is -0.365 e. The Morgan fingerprint density at radius 3 is 1.41 bits per heavy atom. The van der Waals surface area contributed by atoms with Gasteiger partial charge in [0.15, 0.2) is 45.5 Å². The molecule has 0 aromatic carbocycles. The van der Waals surface area contributed by atoms with Gasteiger partial charge >= 0.3 is 12.1 Å². The van der Waals surface area contributed by atoms with E-state index >= 15 is 0 Å². The molecule has 2 unspecified atom stereocenters. The second kappa shape index (κ2) is 22.1. The minimum atomic E-state index is -0.306. The summed E-state index contributed by atoms with van der Waals surface area (Å²) in [5, 5.41) is 35.3. The predicted octanol–water partition coefficient (Wildman–Crippen LogP) is 4.48. The van der Waals surface area contributed by atoms with Crippen LogP contribution < -0.4 is 52.3 Å². The number of imidazole rings is 2. The molecule has 1 saturated carbocycles. The number of rotatable bonds is 16. The molecular formula is C52H72N20O6. The van der Waals surface area contributed by atoms with Crippen LogP contribution >= 0.6 is 0 Å². The lowest BCUT2D eigenvalue weighted by Gasteiger charge is -2.31. The first-order valence-corrected chi connectivity index (χ1v) is 28.5. The Labute approximate surface area is 451 Å². The first-order chi connectivity index (χ1) is 38.2. The van der Waals surface area contributed by atoms with Crippen molar-refractivity contribution in [2.75, 3.05) is 72.8 Å². The van der Waals surface area contributed by atoms with E-state index in [1.54, 1.807) is 0 Å². The van der Waals surface area contributed by atoms with E-state index in [1.807, 2.05) is 33.9 Å². The van der Waals surface area contributed by atoms with E-state index in [9.17, 15) is 9.59 Å². The molecule has 6 saturated heterocycles. The van der Waals surface area contributed by atoms with Crippen molar-refractivity contribution in [1.29, 1.82) is 0 Å². The van der Waals surface area contributed by atoms with Crippen LogP contribution in [-0.4, -0.2) is 150 Å². The van der Waals surface area contributed by atoms with Gasteiger partial charge in [-0.2, -0.15) is 19.9 Å². The average molecular weight is 1070 g/mol. The van der Waals surface area contributed by atoms with Gasteiger partial charge in [-0.15, -0.1) is 0 Å². The summed E-state index contributed by atoms with van der Waals surface area (Å²) in [7, 11) is 0. The summed E-state index contributed by atoms with van der Waals surface area (Å²) in [6, 6.07) is 4.06. The summed E-state index contributed by atoms with van der Waals surface area (Å²) in [5.41, 5.74) is 4.54. The minimum absolute atomic E-state index is 0.0539. The number of ether oxygens (including phenoxy) is 2. The van der Waals surface area contributed by atoms with Gasteiger partial charge in [0.25, 0.3) is 0 Å². The zero-order valence-electron chi connectivity index (χ0n) is 44.5. The Balaban J connectivity index is 0.720. The molecule has 6 aliphatic heterocycles. The predicted molar refractivity (Wildman–Crippen MR) is 287 cm³/mol. The van der Waals surface area contributed by atoms with Crippen molar-refractivity contribution in [3.8, 4) is 0 Å². The maximum absolute atomic E-state index is 13.0. The van der Waals surface area contributed by atoms with E-state index in [0.29, 0.717) is 72.0 Å². The molecular weight excluding hydrogens is 1000 g/mol. The Morgan fingerprint density at radius 2 is 1.00 bits per heavy atom. The van der Waals surface area contributed by atoms with Crippen LogP contribution in [0.2, 0.25) is 0 Å². The molecule has 78 heavy (non-hydrogen) atoms. The Kier molecular flexibility index (Phi) is 14.3. The number of hydrogen-bond donors (Lipinski definition) is 8. The lowest BCUT2D eigenvalue weighted by molar-refractivity contribution is -0.00885. The van der Waals surface area contributed by atoms with Crippen molar-refractivity contribution < 1.29 is 28.1 Å². The summed E-state index contributed by atoms with van der Waals surface area (Å²) in [6.07, 6.45) is 14.0. The SMILES string of the molecule is CCc1cc([C@@H]2CC[C@H](n3cnc4c(NC5CCC(Nc6nc(N7CC[C@@H](NC(=O)NC8CCNC8)C7)nc7c6ncn7[C@H]6CC[C@@H](c7cc(CC)no7)O6)CC5)nc(N5CC[C@@H](NC(=O)NC6CCNC6)C5)nc43)O2)on1. The van der Waals surface area contributed by atoms with Gasteiger partial charge in [0.05, 0.1) is 24.0 Å². The van der Waals surface area contributed by atoms with Crippen molar-refractivity contribution in [1.82, 2.24) is 81.3 Å². The molecule has 416 valence electrons. The third-order valence-electron chi connectivity index (χ3n) is 16.8. The fraction of sp³-hybridized carbons (Fsp3) is 0.654. The van der Waals surface area contributed by atoms with Crippen molar-refractivity contribution in [2.45, 2.75) is 165 Å². The highest BCUT2D eigenvalue weighted by Gasteiger charge is 2.37. The lowest BCUT2D eigenvalue weighted by atomic mass is 9.91. The number of amides is 4. The number of carbonyl (C=O) groups excluding carboxylic acids is 2. The molecule has 6 aromatic heterocycles. The number of anilines is 4. The molecule has 8 atom stereocenters. The standard InChI is InChI=1S/C52H72N20O6/c1-3-29-21-39(77-67-29)37-9-11-41(75-37)71-27-55-43-45(63-49(65-47(43)71)69-19-15-35(25-69)61-51(73)59-33-13-17-53-23-33)57-31-5-7-32(8-6-31)58-46-44-48(72(28-56-44)42-12-10-38(76-42)40-22-30(4-2)68-78-40)66-50(64-46)70-20-16-36(26-70)62-52(74)60-34-14-18-54-24-34/h21-22,27-28,31-38,41-42,53-54H,3-20,23-26H2,1-2H3,(H,57,63,65)(H,58,64,66)(H2,59,61,73)(H2,60,62,74)/t31?,32?,33?,34?,35-,36-,37+,38+,41-,42-/m1/s1. The van der Waals surface area contributed by atoms with E-state index in [1.165, 1.54) is 0 Å². The lowest BCUT2D eigenvalue weighted by Crippen LogP contribution is -2.47. The monoisotopic (exact) mass is 1070 g/mol. The molecule has 6 aromatic rings. The molecule has 1 aliphatic carbocycles. The van der Waals surface area contributed by atoms with Crippen molar-refractivity contribution >= 4 is 57.9 Å². The van der Waals surface area contributed by atoms with Gasteiger partial charge in [0.2, 0.25) is 11.9 Å². The molecule has 26 heteroatoms. The first-order valence-electron chi connectivity index (χ1n) is 28.5. The average Bonchev–Trinajstić information content (AvgIpc) is 4.36. The van der Waals surface area contributed by atoms with Crippen LogP contribution in [-0.2, 0) is 22.3 Å². The van der Waals surface area contributed by atoms with E-state index in [4.69, 9.17) is 48.4 Å². The van der Waals surface area contributed by atoms with Gasteiger partial charge in [-0.3, -0.25) is 9.13 Å². The maximum Gasteiger partial charge on any atom is 0.315 e. The molecule has 0 radical (unpaired) electrons. The van der Waals surface area contributed by atoms with Gasteiger partial charge < -0.3 is 70.9 Å². The van der Waals surface area contributed by atoms with Gasteiger partial charge in [-0.25, -0.2) is 19.6 Å². The third kappa shape index (κ3) is 10.7. The van der Waals surface area contributed by atoms with Crippen molar-refractivity contribution in [2.24, 2.45) is 0 Å². The fourth-order valence-electron chi connectivity index (χ4n) is 12.3. The maximum atomic E-state index is 13.0. The normalized spacial score (nSPS) is 28.3. The second-order valence-corrected chi connectivity index (χ2v) is 22.2. The molecule has 4 amide bonds. The number of aryl methyl sites for hydroxylation is 2. The van der Waals surface area contributed by atoms with E-state index in [0.717, 1.165) is 139 Å². The highest BCUT2D eigenvalue weighted by atomic mass is 16.5. The molecule has 7 fully saturated rings. The summed E-state index contributed by atoms with van der Waals surface area (Å²) < 4.78 is 28.7. The molecule has 13 rings (SSSR count). The number of nitrogens with one attached hydrogen (secondary N) is 8. The van der Waals surface area contributed by atoms with Gasteiger partial charge in [-0.05, 0) is 103 Å². The first kappa shape index (κ1) is 50.6. The number of aromatic nitrogens is 10. The van der Waals surface area contributed by atoms with Gasteiger partial charge in [-0.1, -0.05) is 24.2 Å². The van der Waals surface area contributed by atoms with Gasteiger partial charge in [0.1, 0.15) is 24.7 Å². The van der Waals surface area contributed by atoms with E-state index in [2.05, 4.69) is 76.5 Å². The fourth-order valence-corrected chi connectivity index (χ4v) is 12.3. The quantitative estimate of drug-likeness (QED) is 0.0663. The highest BCUT2D eigenvalue weighted by Crippen LogP contribution is 2.42. The van der Waals surface area contributed by atoms with Crippen LogP contribution in [0, 0.1) is 0 Å². The highest BCUT2D eigenvalue weighted by molar-refractivity contribution is 5.86. The summed E-state index contributed by atoms with van der Waals surface area (Å²) in [4.78, 5) is 61.0. The number of fused-ring (bicyclic) bond motifs is 2. The van der Waals surface area contributed by atoms with Gasteiger partial charge in [0, 0.05) is 87.7 Å². The van der Waals surface area contributed by atoms with Crippen LogP contribution in [0.5, 0.6) is 0 Å². The van der Waals surface area contributed by atoms with Crippen LogP contribution in [0.3, 0.4) is 0 Å². The number of hydrogen-bond acceptors (Lipinski definition) is 20. The van der Waals surface area contributed by atoms with Crippen molar-refractivity contribution in [3.05, 3.63) is 47.7 Å². The van der Waals surface area contributed by atoms with Crippen LogP contribution in [0.15, 0.2) is 33.8 Å². The summed E-state index contributed by atoms with van der Waals surface area (Å²) in [5.74, 6) is 3.99. The zero-order chi connectivity index (χ0) is 52.7. The zero-order valence-corrected chi connectivity index (χ0v) is 44.5. The largest absolute Gasteiger partial charge is 0.365 e. The molecule has 7 aliphatic rings. The van der Waals surface area contributed by atoms with Crippen molar-refractivity contribution in [3.63, 3.8) is 0 Å². The van der Waals surface area contributed by atoms with Crippen LogP contribution in [0.1, 0.15) is 138 Å². The Morgan fingerprint density at radius 1 is 0.551 bits per heavy atom. The van der Waals surface area contributed by atoms with E-state index < -0.39 is 0 Å². The number of urea groups is 2. The third-order valence-corrected chi connectivity index (χ3v) is 16.8. The van der Waals surface area contributed by atoms with Crippen LogP contribution in [0.25, 0.3) is 22.3 Å². The van der Waals surface area contributed by atoms with E-state index in [-0.39, 0.29) is 73.0 Å². The number of carbonyl (C=O) groups is 2. The summed E-state index contributed by atoms with van der Waals surface area (Å²) >= 11 is 0.